The molecule has 0 amide bonds. The lowest BCUT2D eigenvalue weighted by molar-refractivity contribution is 0.242. The summed E-state index contributed by atoms with van der Waals surface area (Å²) >= 11 is 0. The summed E-state index contributed by atoms with van der Waals surface area (Å²) in [5.41, 5.74) is 7.91. The fourth-order valence-corrected chi connectivity index (χ4v) is 2.56. The van der Waals surface area contributed by atoms with E-state index in [1.165, 1.54) is 6.26 Å². The molecule has 0 unspecified atom stereocenters. The second-order valence-corrected chi connectivity index (χ2v) is 5.76. The van der Waals surface area contributed by atoms with Crippen molar-refractivity contribution in [2.24, 2.45) is 0 Å². The number of hydrogen-bond acceptors (Lipinski definition) is 5. The third-order valence-electron chi connectivity index (χ3n) is 3.66. The van der Waals surface area contributed by atoms with Crippen LogP contribution in [0.4, 0.5) is 5.69 Å². The van der Waals surface area contributed by atoms with Gasteiger partial charge in [-0.25, -0.2) is 0 Å². The summed E-state index contributed by atoms with van der Waals surface area (Å²) < 4.78 is 16.4. The van der Waals surface area contributed by atoms with Gasteiger partial charge in [0.2, 0.25) is 0 Å². The van der Waals surface area contributed by atoms with Crippen molar-refractivity contribution >= 4 is 16.7 Å². The molecule has 1 aromatic heterocycles. The first-order valence-corrected chi connectivity index (χ1v) is 7.65. The molecule has 2 N–H and O–H groups in total. The highest BCUT2D eigenvalue weighted by Gasteiger charge is 2.12. The van der Waals surface area contributed by atoms with E-state index >= 15 is 0 Å². The topological polar surface area (TPSA) is 74.7 Å². The van der Waals surface area contributed by atoms with Gasteiger partial charge in [-0.15, -0.1) is 0 Å². The third-order valence-corrected chi connectivity index (χ3v) is 3.66. The zero-order chi connectivity index (χ0) is 17.3. The van der Waals surface area contributed by atoms with Crippen molar-refractivity contribution in [2.75, 3.05) is 12.8 Å². The maximum atomic E-state index is 12.8. The van der Waals surface area contributed by atoms with Crippen molar-refractivity contribution in [1.82, 2.24) is 0 Å². The van der Waals surface area contributed by atoms with E-state index in [0.717, 1.165) is 0 Å². The van der Waals surface area contributed by atoms with Crippen LogP contribution in [-0.2, 0) is 0 Å². The van der Waals surface area contributed by atoms with Gasteiger partial charge in [0.25, 0.3) is 0 Å². The van der Waals surface area contributed by atoms with Gasteiger partial charge >= 0.3 is 0 Å². The fraction of sp³-hybridized carbons (Fsp3) is 0.211. The molecule has 0 fully saturated rings. The highest BCUT2D eigenvalue weighted by atomic mass is 16.5. The zero-order valence-electron chi connectivity index (χ0n) is 13.8. The van der Waals surface area contributed by atoms with E-state index in [2.05, 4.69) is 0 Å². The Kier molecular flexibility index (Phi) is 4.16. The van der Waals surface area contributed by atoms with Gasteiger partial charge in [0.15, 0.2) is 5.43 Å². The molecule has 0 aliphatic carbocycles. The van der Waals surface area contributed by atoms with Crippen molar-refractivity contribution in [2.45, 2.75) is 20.0 Å². The smallest absolute Gasteiger partial charge is 0.200 e. The zero-order valence-corrected chi connectivity index (χ0v) is 13.8. The predicted octanol–water partition coefficient (Wildman–Crippen LogP) is 3.84. The van der Waals surface area contributed by atoms with Gasteiger partial charge in [-0.2, -0.15) is 0 Å². The molecular formula is C19H19NO4. The first-order chi connectivity index (χ1) is 11.5. The quantitative estimate of drug-likeness (QED) is 0.738. The second kappa shape index (κ2) is 6.28. The Bertz CT molecular complexity index is 944. The molecule has 0 spiro atoms. The van der Waals surface area contributed by atoms with Crippen molar-refractivity contribution in [3.05, 3.63) is 52.9 Å². The van der Waals surface area contributed by atoms with Gasteiger partial charge in [0.1, 0.15) is 23.3 Å². The Morgan fingerprint density at radius 1 is 1.12 bits per heavy atom. The highest BCUT2D eigenvalue weighted by molar-refractivity contribution is 5.83. The molecule has 0 saturated carbocycles. The first kappa shape index (κ1) is 15.9. The summed E-state index contributed by atoms with van der Waals surface area (Å²) in [6.07, 6.45) is 1.50. The molecule has 5 heteroatoms. The van der Waals surface area contributed by atoms with Gasteiger partial charge in [0, 0.05) is 6.07 Å². The van der Waals surface area contributed by atoms with E-state index in [4.69, 9.17) is 19.6 Å². The number of hydrogen-bond donors (Lipinski definition) is 1. The van der Waals surface area contributed by atoms with Crippen LogP contribution >= 0.6 is 0 Å². The molecule has 0 saturated heterocycles. The fourth-order valence-electron chi connectivity index (χ4n) is 2.56. The number of ether oxygens (including phenoxy) is 2. The summed E-state index contributed by atoms with van der Waals surface area (Å²) in [6, 6.07) is 10.4. The number of nitrogen functional groups attached to an aromatic ring is 1. The number of nitrogens with two attached hydrogens (primary N) is 1. The maximum Gasteiger partial charge on any atom is 0.200 e. The van der Waals surface area contributed by atoms with Crippen molar-refractivity contribution < 1.29 is 13.9 Å². The van der Waals surface area contributed by atoms with E-state index in [1.807, 2.05) is 13.8 Å². The van der Waals surface area contributed by atoms with Gasteiger partial charge in [-0.3, -0.25) is 4.79 Å². The van der Waals surface area contributed by atoms with Crippen LogP contribution in [0.1, 0.15) is 13.8 Å². The van der Waals surface area contributed by atoms with E-state index in [1.54, 1.807) is 43.5 Å². The Labute approximate surface area is 139 Å². The first-order valence-electron chi connectivity index (χ1n) is 7.65. The average Bonchev–Trinajstić information content (AvgIpc) is 2.54. The predicted molar refractivity (Wildman–Crippen MR) is 94.6 cm³/mol. The van der Waals surface area contributed by atoms with Crippen LogP contribution in [-0.4, -0.2) is 13.2 Å². The Hall–Kier alpha value is -2.95. The molecule has 0 atom stereocenters. The number of methoxy groups -OCH3 is 1. The largest absolute Gasteiger partial charge is 0.495 e. The molecular weight excluding hydrogens is 306 g/mol. The minimum Gasteiger partial charge on any atom is -0.495 e. The van der Waals surface area contributed by atoms with Gasteiger partial charge in [0.05, 0.1) is 29.9 Å². The van der Waals surface area contributed by atoms with Crippen molar-refractivity contribution in [3.63, 3.8) is 0 Å². The van der Waals surface area contributed by atoms with Gasteiger partial charge < -0.3 is 19.6 Å². The van der Waals surface area contributed by atoms with Crippen LogP contribution in [0.25, 0.3) is 22.1 Å². The van der Waals surface area contributed by atoms with Crippen molar-refractivity contribution in [1.29, 1.82) is 0 Å². The molecule has 0 bridgehead atoms. The number of anilines is 1. The molecule has 0 aliphatic heterocycles. The molecule has 0 aliphatic rings. The van der Waals surface area contributed by atoms with Crippen molar-refractivity contribution in [3.8, 4) is 22.6 Å². The summed E-state index contributed by atoms with van der Waals surface area (Å²) in [4.78, 5) is 12.8. The monoisotopic (exact) mass is 325 g/mol. The van der Waals surface area contributed by atoms with Gasteiger partial charge in [-0.1, -0.05) is 6.07 Å². The lowest BCUT2D eigenvalue weighted by Gasteiger charge is -2.10. The van der Waals surface area contributed by atoms with Crippen LogP contribution in [0.2, 0.25) is 0 Å². The Balaban J connectivity index is 2.09. The average molecular weight is 325 g/mol. The molecule has 1 heterocycles. The summed E-state index contributed by atoms with van der Waals surface area (Å²) in [6.45, 7) is 3.88. The summed E-state index contributed by atoms with van der Waals surface area (Å²) in [5.74, 6) is 1.24. The third kappa shape index (κ3) is 2.93. The molecule has 5 nitrogen and oxygen atoms in total. The summed E-state index contributed by atoms with van der Waals surface area (Å²) in [7, 11) is 1.55. The molecule has 24 heavy (non-hydrogen) atoms. The van der Waals surface area contributed by atoms with E-state index in [9.17, 15) is 4.79 Å². The number of benzene rings is 2. The summed E-state index contributed by atoms with van der Waals surface area (Å²) in [5, 5.41) is 0.498. The molecule has 3 aromatic rings. The molecule has 124 valence electrons. The molecule has 3 rings (SSSR count). The number of fused-ring (bicyclic) bond motifs is 1. The van der Waals surface area contributed by atoms with Gasteiger partial charge in [-0.05, 0) is 43.7 Å². The number of rotatable bonds is 4. The van der Waals surface area contributed by atoms with E-state index < -0.39 is 0 Å². The molecule has 2 aromatic carbocycles. The van der Waals surface area contributed by atoms with Crippen LogP contribution in [0.15, 0.2) is 51.9 Å². The minimum absolute atomic E-state index is 0.0516. The van der Waals surface area contributed by atoms with Crippen LogP contribution in [0, 0.1) is 0 Å². The van der Waals surface area contributed by atoms with Crippen LogP contribution in [0.3, 0.4) is 0 Å². The second-order valence-electron chi connectivity index (χ2n) is 5.76. The van der Waals surface area contributed by atoms with E-state index in [0.29, 0.717) is 39.3 Å². The van der Waals surface area contributed by atoms with Crippen LogP contribution < -0.4 is 20.6 Å². The minimum atomic E-state index is -0.114. The maximum absolute atomic E-state index is 12.8. The standard InChI is InChI=1S/C19H19NO4/c1-11(2)24-13-5-6-14-18(9-13)23-10-15(19(14)21)12-4-7-17(22-3)16(20)8-12/h4-11H,20H2,1-3H3. The molecule has 0 radical (unpaired) electrons. The lowest BCUT2D eigenvalue weighted by Crippen LogP contribution is -2.07. The lowest BCUT2D eigenvalue weighted by atomic mass is 10.0. The normalized spacial score (nSPS) is 11.0. The van der Waals surface area contributed by atoms with Crippen LogP contribution in [0.5, 0.6) is 11.5 Å². The SMILES string of the molecule is COc1ccc(-c2coc3cc(OC(C)C)ccc3c2=O)cc1N. The Morgan fingerprint density at radius 2 is 1.92 bits per heavy atom. The highest BCUT2D eigenvalue weighted by Crippen LogP contribution is 2.28. The van der Waals surface area contributed by atoms with E-state index in [-0.39, 0.29) is 11.5 Å². The Morgan fingerprint density at radius 3 is 2.58 bits per heavy atom.